The van der Waals surface area contributed by atoms with Gasteiger partial charge in [-0.25, -0.2) is 0 Å². The van der Waals surface area contributed by atoms with Crippen LogP contribution in [-0.4, -0.2) is 28.3 Å². The number of carbonyl (C=O) groups is 1. The first-order chi connectivity index (χ1) is 4.13. The molecule has 3 unspecified atom stereocenters. The summed E-state index contributed by atoms with van der Waals surface area (Å²) in [5.41, 5.74) is 4.84. The Hall–Kier alpha value is -0.610. The van der Waals surface area contributed by atoms with Crippen LogP contribution < -0.4 is 5.73 Å². The summed E-state index contributed by atoms with van der Waals surface area (Å²) < 4.78 is 0. The van der Waals surface area contributed by atoms with Gasteiger partial charge in [0.15, 0.2) is 0 Å². The van der Waals surface area contributed by atoms with E-state index in [9.17, 15) is 4.79 Å². The fourth-order valence-electron chi connectivity index (χ4n) is 0.896. The molecule has 0 aromatic rings. The summed E-state index contributed by atoms with van der Waals surface area (Å²) in [6.07, 6.45) is -1.37. The summed E-state index contributed by atoms with van der Waals surface area (Å²) >= 11 is 0. The van der Waals surface area contributed by atoms with Crippen LogP contribution in [0.4, 0.5) is 0 Å². The van der Waals surface area contributed by atoms with Crippen molar-refractivity contribution >= 4 is 5.91 Å². The molecule has 1 saturated carbocycles. The van der Waals surface area contributed by atoms with E-state index in [4.69, 9.17) is 15.9 Å². The average Bonchev–Trinajstić information content (AvgIpc) is 1.81. The van der Waals surface area contributed by atoms with Crippen molar-refractivity contribution in [3.63, 3.8) is 0 Å². The number of nitrogens with two attached hydrogens (primary N) is 1. The molecule has 0 radical (unpaired) electrons. The summed E-state index contributed by atoms with van der Waals surface area (Å²) in [6, 6.07) is 0. The van der Waals surface area contributed by atoms with Crippen LogP contribution >= 0.6 is 0 Å². The van der Waals surface area contributed by atoms with E-state index in [1.54, 1.807) is 0 Å². The molecule has 0 saturated heterocycles. The normalized spacial score (nSPS) is 41.8. The molecule has 4 heteroatoms. The molecule has 52 valence electrons. The summed E-state index contributed by atoms with van der Waals surface area (Å²) in [6.45, 7) is 0. The van der Waals surface area contributed by atoms with Crippen LogP contribution in [0, 0.1) is 5.92 Å². The summed E-state index contributed by atoms with van der Waals surface area (Å²) in [7, 11) is 0. The maximum absolute atomic E-state index is 10.3. The number of primary amides is 1. The predicted molar refractivity (Wildman–Crippen MR) is 29.3 cm³/mol. The van der Waals surface area contributed by atoms with Crippen molar-refractivity contribution in [1.29, 1.82) is 0 Å². The van der Waals surface area contributed by atoms with Crippen LogP contribution in [0.2, 0.25) is 0 Å². The van der Waals surface area contributed by atoms with E-state index in [-0.39, 0.29) is 0 Å². The van der Waals surface area contributed by atoms with E-state index in [0.29, 0.717) is 6.42 Å². The zero-order valence-corrected chi connectivity index (χ0v) is 4.82. The summed E-state index contributed by atoms with van der Waals surface area (Å²) in [5.74, 6) is -1.06. The standard InChI is InChI=1S/C5H9NO3/c6-5(9)2-1-3(7)4(2)8/h2-4,7-8H,1H2,(H2,6,9). The summed E-state index contributed by atoms with van der Waals surface area (Å²) in [4.78, 5) is 10.3. The summed E-state index contributed by atoms with van der Waals surface area (Å²) in [5, 5.41) is 17.5. The monoisotopic (exact) mass is 131 g/mol. The van der Waals surface area contributed by atoms with Gasteiger partial charge in [0.1, 0.15) is 0 Å². The van der Waals surface area contributed by atoms with Crippen molar-refractivity contribution < 1.29 is 15.0 Å². The second kappa shape index (κ2) is 1.97. The van der Waals surface area contributed by atoms with Crippen molar-refractivity contribution in [2.45, 2.75) is 18.6 Å². The smallest absolute Gasteiger partial charge is 0.223 e. The average molecular weight is 131 g/mol. The molecule has 0 aromatic carbocycles. The van der Waals surface area contributed by atoms with Crippen LogP contribution in [0.15, 0.2) is 0 Å². The Labute approximate surface area is 52.3 Å². The van der Waals surface area contributed by atoms with Gasteiger partial charge in [-0.3, -0.25) is 4.79 Å². The minimum Gasteiger partial charge on any atom is -0.390 e. The van der Waals surface area contributed by atoms with E-state index in [0.717, 1.165) is 0 Å². The zero-order valence-electron chi connectivity index (χ0n) is 4.82. The number of rotatable bonds is 1. The van der Waals surface area contributed by atoms with E-state index < -0.39 is 24.0 Å². The lowest BCUT2D eigenvalue weighted by Gasteiger charge is -2.35. The van der Waals surface area contributed by atoms with Crippen LogP contribution in [0.5, 0.6) is 0 Å². The minimum absolute atomic E-state index is 0.302. The second-order valence-electron chi connectivity index (χ2n) is 2.30. The first-order valence-electron chi connectivity index (χ1n) is 2.78. The number of carbonyl (C=O) groups excluding carboxylic acids is 1. The number of hydrogen-bond acceptors (Lipinski definition) is 3. The van der Waals surface area contributed by atoms with Crippen molar-refractivity contribution in [3.8, 4) is 0 Å². The van der Waals surface area contributed by atoms with Crippen molar-refractivity contribution in [3.05, 3.63) is 0 Å². The van der Waals surface area contributed by atoms with Crippen LogP contribution in [0.25, 0.3) is 0 Å². The highest BCUT2D eigenvalue weighted by atomic mass is 16.3. The fraction of sp³-hybridized carbons (Fsp3) is 0.800. The third-order valence-electron chi connectivity index (χ3n) is 1.67. The molecule has 0 heterocycles. The largest absolute Gasteiger partial charge is 0.390 e. The van der Waals surface area contributed by atoms with E-state index in [1.165, 1.54) is 0 Å². The van der Waals surface area contributed by atoms with Gasteiger partial charge in [0.2, 0.25) is 5.91 Å². The van der Waals surface area contributed by atoms with Gasteiger partial charge in [-0.1, -0.05) is 0 Å². The first kappa shape index (κ1) is 6.51. The molecule has 0 aliphatic heterocycles. The topological polar surface area (TPSA) is 83.6 Å². The van der Waals surface area contributed by atoms with Gasteiger partial charge in [-0.15, -0.1) is 0 Å². The van der Waals surface area contributed by atoms with Gasteiger partial charge in [0.05, 0.1) is 18.1 Å². The Morgan fingerprint density at radius 3 is 2.22 bits per heavy atom. The van der Waals surface area contributed by atoms with Crippen molar-refractivity contribution in [1.82, 2.24) is 0 Å². The molecule has 4 N–H and O–H groups in total. The third-order valence-corrected chi connectivity index (χ3v) is 1.67. The maximum atomic E-state index is 10.3. The lowest BCUT2D eigenvalue weighted by Crippen LogP contribution is -2.52. The molecule has 0 aromatic heterocycles. The molecule has 1 fully saturated rings. The quantitative estimate of drug-likeness (QED) is 0.393. The molecule has 9 heavy (non-hydrogen) atoms. The Kier molecular flexibility index (Phi) is 1.42. The third kappa shape index (κ3) is 0.906. The SMILES string of the molecule is NC(=O)C1CC(O)C1O. The molecule has 0 spiro atoms. The zero-order chi connectivity index (χ0) is 7.02. The first-order valence-corrected chi connectivity index (χ1v) is 2.78. The highest BCUT2D eigenvalue weighted by molar-refractivity contribution is 5.78. The number of hydrogen-bond donors (Lipinski definition) is 3. The van der Waals surface area contributed by atoms with E-state index in [2.05, 4.69) is 0 Å². The van der Waals surface area contributed by atoms with Crippen LogP contribution in [0.1, 0.15) is 6.42 Å². The molecule has 0 bridgehead atoms. The van der Waals surface area contributed by atoms with Crippen LogP contribution in [-0.2, 0) is 4.79 Å². The molecule has 1 aliphatic rings. The van der Waals surface area contributed by atoms with Gasteiger partial charge in [0, 0.05) is 0 Å². The Balaban J connectivity index is 2.42. The van der Waals surface area contributed by atoms with Gasteiger partial charge >= 0.3 is 0 Å². The number of aliphatic hydroxyl groups excluding tert-OH is 2. The fourth-order valence-corrected chi connectivity index (χ4v) is 0.896. The molecule has 1 rings (SSSR count). The van der Waals surface area contributed by atoms with Gasteiger partial charge in [-0.2, -0.15) is 0 Å². The maximum Gasteiger partial charge on any atom is 0.223 e. The predicted octanol–water partition coefficient (Wildman–Crippen LogP) is -1.79. The second-order valence-corrected chi connectivity index (χ2v) is 2.30. The number of amides is 1. The number of aliphatic hydroxyl groups is 2. The molecular formula is C5H9NO3. The molecule has 4 nitrogen and oxygen atoms in total. The Bertz CT molecular complexity index is 136. The Morgan fingerprint density at radius 1 is 1.56 bits per heavy atom. The Morgan fingerprint density at radius 2 is 2.11 bits per heavy atom. The van der Waals surface area contributed by atoms with Crippen molar-refractivity contribution in [2.75, 3.05) is 0 Å². The molecule has 1 amide bonds. The highest BCUT2D eigenvalue weighted by Gasteiger charge is 2.41. The van der Waals surface area contributed by atoms with Crippen LogP contribution in [0.3, 0.4) is 0 Å². The van der Waals surface area contributed by atoms with E-state index >= 15 is 0 Å². The molecule has 3 atom stereocenters. The van der Waals surface area contributed by atoms with Crippen molar-refractivity contribution in [2.24, 2.45) is 11.7 Å². The molecular weight excluding hydrogens is 122 g/mol. The molecule has 1 aliphatic carbocycles. The van der Waals surface area contributed by atoms with Gasteiger partial charge in [0.25, 0.3) is 0 Å². The minimum atomic E-state index is -0.928. The van der Waals surface area contributed by atoms with Gasteiger partial charge < -0.3 is 15.9 Å². The lowest BCUT2D eigenvalue weighted by atomic mass is 9.79. The van der Waals surface area contributed by atoms with Gasteiger partial charge in [-0.05, 0) is 6.42 Å². The lowest BCUT2D eigenvalue weighted by molar-refractivity contribution is -0.146. The highest BCUT2D eigenvalue weighted by Crippen LogP contribution is 2.26. The van der Waals surface area contributed by atoms with E-state index in [1.807, 2.05) is 0 Å².